The number of para-hydroxylation sites is 1. The molecule has 0 radical (unpaired) electrons. The van der Waals surface area contributed by atoms with E-state index in [1.54, 1.807) is 72.8 Å². The molecule has 56 heavy (non-hydrogen) atoms. The van der Waals surface area contributed by atoms with Crippen LogP contribution in [-0.2, 0) is 33.4 Å². The predicted molar refractivity (Wildman–Crippen MR) is 216 cm³/mol. The summed E-state index contributed by atoms with van der Waals surface area (Å²) in [6.45, 7) is 9.01. The molecule has 13 heteroatoms. The number of likely N-dealkylation sites (tertiary alicyclic amines) is 1. The van der Waals surface area contributed by atoms with Crippen LogP contribution in [-0.4, -0.2) is 89.2 Å². The largest absolute Gasteiger partial charge is 0.455 e. The number of esters is 1. The van der Waals surface area contributed by atoms with Crippen molar-refractivity contribution in [2.75, 3.05) is 31.8 Å². The quantitative estimate of drug-likeness (QED) is 0.0957. The van der Waals surface area contributed by atoms with Gasteiger partial charge in [-0.15, -0.1) is 13.2 Å². The number of aryl methyl sites for hydroxylation is 1. The van der Waals surface area contributed by atoms with Crippen LogP contribution >= 0.6 is 27.5 Å². The first kappa shape index (κ1) is 41.3. The van der Waals surface area contributed by atoms with E-state index >= 15 is 9.59 Å². The number of carbonyl (C=O) groups excluding carboxylic acids is 4. The standard InChI is InChI=1S/C43H47BrClN3O8/c1-5-7-21-33(50)46-31(25-54-4)37(28-18-12-9-13-19-28)55-42(53)34-35-40(51)48(32(24-49)27-16-10-8-11-17-27)39(43(35)23-29(44)38(34)56-43)41(52)47(22-6-2)36-26(3)15-14-20-30(36)45/h5-6,8-20,29,31-32,34-35,37-39,49H,1-2,7,21-25H2,3-4H3,(H,46,50)/t29?,31-,32-,34-,35+,37-,38-,39-,43+/m1/s1. The zero-order chi connectivity index (χ0) is 40.1. The first-order valence-electron chi connectivity index (χ1n) is 18.6. The number of alkyl halides is 1. The Hall–Kier alpha value is -4.33. The van der Waals surface area contributed by atoms with Crippen molar-refractivity contribution in [3.8, 4) is 0 Å². The molecule has 3 saturated heterocycles. The minimum absolute atomic E-state index is 0.0187. The second-order valence-corrected chi connectivity index (χ2v) is 16.0. The van der Waals surface area contributed by atoms with Crippen LogP contribution < -0.4 is 10.2 Å². The number of allylic oxidation sites excluding steroid dienone is 1. The summed E-state index contributed by atoms with van der Waals surface area (Å²) in [5.41, 5.74) is 0.888. The van der Waals surface area contributed by atoms with Gasteiger partial charge in [0.25, 0.3) is 5.91 Å². The van der Waals surface area contributed by atoms with Crippen molar-refractivity contribution >= 4 is 56.9 Å². The molecule has 296 valence electrons. The van der Waals surface area contributed by atoms with Crippen LogP contribution in [0, 0.1) is 18.8 Å². The number of aliphatic hydroxyl groups excluding tert-OH is 1. The van der Waals surface area contributed by atoms with Gasteiger partial charge in [0.1, 0.15) is 17.7 Å². The van der Waals surface area contributed by atoms with Crippen molar-refractivity contribution in [1.29, 1.82) is 0 Å². The third kappa shape index (κ3) is 7.69. The normalized spacial score (nSPS) is 25.2. The minimum Gasteiger partial charge on any atom is -0.455 e. The summed E-state index contributed by atoms with van der Waals surface area (Å²) in [4.78, 5) is 60.8. The monoisotopic (exact) mass is 847 g/mol. The number of nitrogens with zero attached hydrogens (tertiary/aromatic N) is 2. The summed E-state index contributed by atoms with van der Waals surface area (Å²) in [7, 11) is 1.49. The molecule has 3 aromatic carbocycles. The number of amides is 3. The van der Waals surface area contributed by atoms with Crippen LogP contribution in [0.4, 0.5) is 5.69 Å². The molecule has 1 unspecified atom stereocenters. The number of rotatable bonds is 17. The Kier molecular flexibility index (Phi) is 13.2. The zero-order valence-corrected chi connectivity index (χ0v) is 33.7. The number of aliphatic hydroxyl groups is 1. The fraction of sp³-hybridized carbons (Fsp3) is 0.395. The Bertz CT molecular complexity index is 1910. The van der Waals surface area contributed by atoms with Gasteiger partial charge < -0.3 is 34.4 Å². The van der Waals surface area contributed by atoms with E-state index in [4.69, 9.17) is 25.8 Å². The first-order valence-corrected chi connectivity index (χ1v) is 19.9. The number of hydrogen-bond acceptors (Lipinski definition) is 8. The van der Waals surface area contributed by atoms with E-state index in [9.17, 15) is 14.7 Å². The van der Waals surface area contributed by atoms with Crippen LogP contribution in [0.25, 0.3) is 0 Å². The van der Waals surface area contributed by atoms with Crippen molar-refractivity contribution in [1.82, 2.24) is 10.2 Å². The van der Waals surface area contributed by atoms with E-state index in [1.165, 1.54) is 16.9 Å². The molecule has 9 atom stereocenters. The summed E-state index contributed by atoms with van der Waals surface area (Å²) < 4.78 is 18.7. The lowest BCUT2D eigenvalue weighted by molar-refractivity contribution is -0.163. The third-order valence-corrected chi connectivity index (χ3v) is 12.1. The second-order valence-electron chi connectivity index (χ2n) is 14.4. The minimum atomic E-state index is -1.50. The maximum Gasteiger partial charge on any atom is 0.313 e. The summed E-state index contributed by atoms with van der Waals surface area (Å²) >= 11 is 10.5. The molecule has 3 heterocycles. The molecule has 11 nitrogen and oxygen atoms in total. The summed E-state index contributed by atoms with van der Waals surface area (Å²) in [5, 5.41) is 14.3. The number of carbonyl (C=O) groups is 4. The van der Waals surface area contributed by atoms with Crippen LogP contribution in [0.1, 0.15) is 48.1 Å². The Balaban J connectivity index is 1.44. The van der Waals surface area contributed by atoms with E-state index in [0.717, 1.165) is 5.56 Å². The van der Waals surface area contributed by atoms with Crippen molar-refractivity contribution in [3.63, 3.8) is 0 Å². The van der Waals surface area contributed by atoms with Gasteiger partial charge in [-0.05, 0) is 42.5 Å². The molecule has 2 N–H and O–H groups in total. The Labute approximate surface area is 340 Å². The fourth-order valence-corrected chi connectivity index (χ4v) is 9.91. The van der Waals surface area contributed by atoms with Gasteiger partial charge in [-0.1, -0.05) is 112 Å². The lowest BCUT2D eigenvalue weighted by atomic mass is 9.70. The van der Waals surface area contributed by atoms with E-state index < -0.39 is 77.0 Å². The average Bonchev–Trinajstić information content (AvgIpc) is 3.79. The number of methoxy groups -OCH3 is 1. The molecule has 2 bridgehead atoms. The average molecular weight is 849 g/mol. The van der Waals surface area contributed by atoms with Crippen LogP contribution in [0.2, 0.25) is 5.02 Å². The van der Waals surface area contributed by atoms with Crippen molar-refractivity contribution in [3.05, 3.63) is 126 Å². The number of fused-ring (bicyclic) bond motifs is 1. The van der Waals surface area contributed by atoms with Crippen LogP contribution in [0.5, 0.6) is 0 Å². The van der Waals surface area contributed by atoms with Crippen molar-refractivity contribution in [2.45, 2.75) is 66.9 Å². The fourth-order valence-electron chi connectivity index (χ4n) is 8.64. The number of halogens is 2. The highest BCUT2D eigenvalue weighted by atomic mass is 79.9. The molecular formula is C43H47BrClN3O8. The molecule has 3 aliphatic heterocycles. The second kappa shape index (κ2) is 17.9. The Morgan fingerprint density at radius 3 is 2.36 bits per heavy atom. The molecule has 0 saturated carbocycles. The third-order valence-electron chi connectivity index (χ3n) is 11.0. The molecule has 3 fully saturated rings. The molecule has 3 aliphatic rings. The van der Waals surface area contributed by atoms with E-state index in [2.05, 4.69) is 34.4 Å². The highest BCUT2D eigenvalue weighted by Crippen LogP contribution is 2.62. The van der Waals surface area contributed by atoms with E-state index in [1.807, 2.05) is 25.1 Å². The van der Waals surface area contributed by atoms with Crippen LogP contribution in [0.15, 0.2) is 104 Å². The smallest absolute Gasteiger partial charge is 0.313 e. The van der Waals surface area contributed by atoms with Gasteiger partial charge in [0.2, 0.25) is 11.8 Å². The number of ether oxygens (including phenoxy) is 3. The number of hydrogen-bond donors (Lipinski definition) is 2. The first-order chi connectivity index (χ1) is 27.0. The Morgan fingerprint density at radius 2 is 1.75 bits per heavy atom. The van der Waals surface area contributed by atoms with Gasteiger partial charge in [-0.25, -0.2) is 0 Å². The van der Waals surface area contributed by atoms with Crippen LogP contribution in [0.3, 0.4) is 0 Å². The topological polar surface area (TPSA) is 135 Å². The van der Waals surface area contributed by atoms with E-state index in [0.29, 0.717) is 28.3 Å². The van der Waals surface area contributed by atoms with Gasteiger partial charge in [0, 0.05) is 24.9 Å². The van der Waals surface area contributed by atoms with Gasteiger partial charge in [-0.3, -0.25) is 19.2 Å². The molecule has 0 aliphatic carbocycles. The van der Waals surface area contributed by atoms with Crippen molar-refractivity contribution < 1.29 is 38.5 Å². The summed E-state index contributed by atoms with van der Waals surface area (Å²) in [6.07, 6.45) is 2.22. The van der Waals surface area contributed by atoms with Gasteiger partial charge >= 0.3 is 5.97 Å². The summed E-state index contributed by atoms with van der Waals surface area (Å²) in [6, 6.07) is 20.2. The van der Waals surface area contributed by atoms with E-state index in [-0.39, 0.29) is 31.9 Å². The maximum atomic E-state index is 15.3. The molecule has 3 aromatic rings. The van der Waals surface area contributed by atoms with Gasteiger partial charge in [0.15, 0.2) is 0 Å². The molecule has 1 spiro atoms. The highest BCUT2D eigenvalue weighted by molar-refractivity contribution is 9.09. The lowest BCUT2D eigenvalue weighted by Crippen LogP contribution is -2.57. The Morgan fingerprint density at radius 1 is 1.07 bits per heavy atom. The predicted octanol–water partition coefficient (Wildman–Crippen LogP) is 6.03. The molecular weight excluding hydrogens is 802 g/mol. The zero-order valence-electron chi connectivity index (χ0n) is 31.4. The highest BCUT2D eigenvalue weighted by Gasteiger charge is 2.78. The van der Waals surface area contributed by atoms with Gasteiger partial charge in [-0.2, -0.15) is 0 Å². The maximum absolute atomic E-state index is 15.3. The number of benzene rings is 3. The molecule has 0 aromatic heterocycles. The number of nitrogens with one attached hydrogen (secondary N) is 1. The van der Waals surface area contributed by atoms with Crippen molar-refractivity contribution in [2.24, 2.45) is 11.8 Å². The molecule has 6 rings (SSSR count). The molecule has 3 amide bonds. The number of anilines is 1. The lowest BCUT2D eigenvalue weighted by Gasteiger charge is -2.40. The van der Waals surface area contributed by atoms with Gasteiger partial charge in [0.05, 0.1) is 53.9 Å². The summed E-state index contributed by atoms with van der Waals surface area (Å²) in [5.74, 6) is -4.33. The SMILES string of the molecule is C=CCCC(=O)N[C@H](COC)[C@H](OC(=O)[C@H]1[C@@H]2O[C@@]3(CC2Br)[C@@H]1C(=O)N([C@H](CO)c1ccccc1)[C@@H]3C(=O)N(CC=C)c1c(C)cccc1Cl)c1ccccc1.